The van der Waals surface area contributed by atoms with Gasteiger partial charge in [0.05, 0.1) is 36.5 Å². The summed E-state index contributed by atoms with van der Waals surface area (Å²) in [6.45, 7) is 0. The smallest absolute Gasteiger partial charge is 0.231 e. The number of sulfonamides is 1. The molecule has 1 aromatic heterocycles. The number of nitrogens with two attached hydrogens (primary N) is 1. The molecule has 1 heterocycles. The summed E-state index contributed by atoms with van der Waals surface area (Å²) in [5.74, 6) is 0. The number of rotatable bonds is 3. The van der Waals surface area contributed by atoms with E-state index in [0.717, 1.165) is 6.07 Å². The van der Waals surface area contributed by atoms with E-state index in [4.69, 9.17) is 63.1 Å². The van der Waals surface area contributed by atoms with Gasteiger partial charge in [-0.05, 0) is 18.2 Å². The quantitative estimate of drug-likeness (QED) is 0.306. The van der Waals surface area contributed by atoms with Gasteiger partial charge >= 0.3 is 6.18 Å². The Labute approximate surface area is 193 Å². The fourth-order valence-corrected chi connectivity index (χ4v) is 4.63. The first-order chi connectivity index (χ1) is 13.7. The minimum atomic E-state index is -4.88. The third-order valence-electron chi connectivity index (χ3n) is 3.87. The predicted molar refractivity (Wildman–Crippen MR) is 110 cm³/mol. The number of alkyl halides is 3. The summed E-state index contributed by atoms with van der Waals surface area (Å²) in [5, 5.41) is 7.36. The fourth-order valence-electron chi connectivity index (χ4n) is 2.58. The molecule has 0 atom stereocenters. The maximum atomic E-state index is 13.4. The summed E-state index contributed by atoms with van der Waals surface area (Å²) in [6, 6.07) is 5.65. The molecule has 14 heteroatoms. The van der Waals surface area contributed by atoms with Gasteiger partial charge in [0, 0.05) is 5.56 Å². The second-order valence-corrected chi connectivity index (χ2v) is 9.20. The highest BCUT2D eigenvalue weighted by atomic mass is 35.5. The second kappa shape index (κ2) is 8.05. The number of nitrogens with zero attached hydrogens (tertiary/aromatic N) is 2. The molecule has 0 radical (unpaired) electrons. The summed E-state index contributed by atoms with van der Waals surface area (Å²) in [7, 11) is -4.33. The minimum absolute atomic E-state index is 0.205. The monoisotopic (exact) mass is 537 g/mol. The van der Waals surface area contributed by atoms with Crippen molar-refractivity contribution in [1.82, 2.24) is 9.78 Å². The maximum Gasteiger partial charge on any atom is 0.435 e. The summed E-state index contributed by atoms with van der Waals surface area (Å²) >= 11 is 30.4. The van der Waals surface area contributed by atoms with Crippen molar-refractivity contribution in [2.45, 2.75) is 11.1 Å². The van der Waals surface area contributed by atoms with Gasteiger partial charge in [0.15, 0.2) is 5.69 Å². The van der Waals surface area contributed by atoms with Crippen LogP contribution in [0, 0.1) is 0 Å². The molecule has 160 valence electrons. The van der Waals surface area contributed by atoms with E-state index in [0.29, 0.717) is 10.7 Å². The Balaban J connectivity index is 2.48. The number of primary sulfonamides is 1. The number of hydrogen-bond acceptors (Lipinski definition) is 3. The molecule has 0 fully saturated rings. The first kappa shape index (κ1) is 23.5. The van der Waals surface area contributed by atoms with Gasteiger partial charge in [-0.1, -0.05) is 70.1 Å². The summed E-state index contributed by atoms with van der Waals surface area (Å²) in [4.78, 5) is -0.485. The predicted octanol–water partition coefficient (Wildman–Crippen LogP) is 6.47. The molecule has 3 rings (SSSR count). The molecule has 0 amide bonds. The second-order valence-electron chi connectivity index (χ2n) is 5.78. The molecule has 2 N–H and O–H groups in total. The van der Waals surface area contributed by atoms with Crippen LogP contribution in [0.4, 0.5) is 13.2 Å². The van der Waals surface area contributed by atoms with Crippen molar-refractivity contribution in [3.8, 4) is 16.9 Å². The Bertz CT molecular complexity index is 1250. The third-order valence-corrected chi connectivity index (χ3v) is 7.10. The zero-order chi connectivity index (χ0) is 22.6. The number of aromatic nitrogens is 2. The molecule has 0 bridgehead atoms. The van der Waals surface area contributed by atoms with Crippen LogP contribution in [0.3, 0.4) is 0 Å². The Morgan fingerprint density at radius 1 is 0.900 bits per heavy atom. The molecule has 0 unspecified atom stereocenters. The van der Waals surface area contributed by atoms with Crippen LogP contribution in [0.2, 0.25) is 25.1 Å². The molecule has 3 aromatic rings. The molecular formula is C16H7Cl5F3N3O2S. The molecule has 0 saturated heterocycles. The molecule has 0 aliphatic carbocycles. The highest BCUT2D eigenvalue weighted by molar-refractivity contribution is 7.89. The van der Waals surface area contributed by atoms with Crippen LogP contribution in [0.5, 0.6) is 0 Å². The molecule has 0 spiro atoms. The van der Waals surface area contributed by atoms with Gasteiger partial charge < -0.3 is 0 Å². The van der Waals surface area contributed by atoms with E-state index < -0.39 is 26.8 Å². The van der Waals surface area contributed by atoms with Gasteiger partial charge in [-0.2, -0.15) is 18.3 Å². The minimum Gasteiger partial charge on any atom is -0.231 e. The zero-order valence-corrected chi connectivity index (χ0v) is 18.7. The molecule has 0 saturated carbocycles. The first-order valence-electron chi connectivity index (χ1n) is 7.56. The number of hydrogen-bond donors (Lipinski definition) is 1. The number of halogens is 8. The lowest BCUT2D eigenvalue weighted by molar-refractivity contribution is -0.141. The maximum absolute atomic E-state index is 13.4. The van der Waals surface area contributed by atoms with Crippen LogP contribution >= 0.6 is 58.0 Å². The highest BCUT2D eigenvalue weighted by Crippen LogP contribution is 2.49. The van der Waals surface area contributed by atoms with Crippen LogP contribution in [-0.2, 0) is 16.2 Å². The van der Waals surface area contributed by atoms with Crippen molar-refractivity contribution in [3.63, 3.8) is 0 Å². The van der Waals surface area contributed by atoms with Crippen LogP contribution in [0.25, 0.3) is 16.9 Å². The van der Waals surface area contributed by atoms with Gasteiger partial charge in [0.2, 0.25) is 10.0 Å². The molecular weight excluding hydrogens is 533 g/mol. The molecule has 30 heavy (non-hydrogen) atoms. The Hall–Kier alpha value is -1.20. The number of para-hydroxylation sites is 1. The Morgan fingerprint density at radius 3 is 1.90 bits per heavy atom. The van der Waals surface area contributed by atoms with E-state index in [2.05, 4.69) is 5.10 Å². The SMILES string of the molecule is NS(=O)(=O)c1ccccc1-n1nc(C(F)(F)F)cc1-c1c(Cl)c(Cl)c(Cl)c(Cl)c1Cl. The van der Waals surface area contributed by atoms with E-state index in [1.165, 1.54) is 18.2 Å². The van der Waals surface area contributed by atoms with Crippen molar-refractivity contribution in [2.75, 3.05) is 0 Å². The van der Waals surface area contributed by atoms with Gasteiger partial charge in [-0.25, -0.2) is 18.2 Å². The van der Waals surface area contributed by atoms with E-state index in [-0.39, 0.29) is 42.1 Å². The zero-order valence-electron chi connectivity index (χ0n) is 14.1. The normalized spacial score (nSPS) is 12.4. The lowest BCUT2D eigenvalue weighted by Crippen LogP contribution is -2.16. The van der Waals surface area contributed by atoms with E-state index in [1.54, 1.807) is 0 Å². The van der Waals surface area contributed by atoms with Crippen molar-refractivity contribution < 1.29 is 21.6 Å². The lowest BCUT2D eigenvalue weighted by atomic mass is 10.1. The summed E-state index contributed by atoms with van der Waals surface area (Å²) < 4.78 is 64.9. The van der Waals surface area contributed by atoms with Crippen LogP contribution in [0.1, 0.15) is 5.69 Å². The van der Waals surface area contributed by atoms with Crippen LogP contribution in [0.15, 0.2) is 35.2 Å². The Kier molecular flexibility index (Phi) is 6.30. The summed E-state index contributed by atoms with van der Waals surface area (Å²) in [6.07, 6.45) is -4.88. The molecule has 2 aromatic carbocycles. The average molecular weight is 540 g/mol. The van der Waals surface area contributed by atoms with Gasteiger partial charge in [0.1, 0.15) is 4.90 Å². The van der Waals surface area contributed by atoms with Crippen molar-refractivity contribution in [3.05, 3.63) is 61.1 Å². The van der Waals surface area contributed by atoms with Crippen molar-refractivity contribution in [2.24, 2.45) is 5.14 Å². The van der Waals surface area contributed by atoms with Gasteiger partial charge in [-0.3, -0.25) is 0 Å². The largest absolute Gasteiger partial charge is 0.435 e. The van der Waals surface area contributed by atoms with E-state index >= 15 is 0 Å². The molecule has 0 aliphatic rings. The van der Waals surface area contributed by atoms with Crippen LogP contribution < -0.4 is 5.14 Å². The van der Waals surface area contributed by atoms with Crippen LogP contribution in [-0.4, -0.2) is 18.2 Å². The third kappa shape index (κ3) is 4.12. The first-order valence-corrected chi connectivity index (χ1v) is 11.0. The lowest BCUT2D eigenvalue weighted by Gasteiger charge is -2.15. The number of benzene rings is 2. The molecule has 0 aliphatic heterocycles. The molecule has 5 nitrogen and oxygen atoms in total. The van der Waals surface area contributed by atoms with E-state index in [9.17, 15) is 21.6 Å². The fraction of sp³-hybridized carbons (Fsp3) is 0.0625. The highest BCUT2D eigenvalue weighted by Gasteiger charge is 2.37. The van der Waals surface area contributed by atoms with Gasteiger partial charge in [-0.15, -0.1) is 0 Å². The van der Waals surface area contributed by atoms with Crippen molar-refractivity contribution >= 4 is 68.0 Å². The van der Waals surface area contributed by atoms with Crippen molar-refractivity contribution in [1.29, 1.82) is 0 Å². The van der Waals surface area contributed by atoms with E-state index in [1.807, 2.05) is 0 Å². The Morgan fingerprint density at radius 2 is 1.40 bits per heavy atom. The topological polar surface area (TPSA) is 78.0 Å². The standard InChI is InChI=1S/C16H7Cl5F3N3O2S/c17-11-10(12(18)14(20)15(21)13(11)19)7-5-9(16(22,23)24)26-27(7)6-3-1-2-4-8(6)30(25,28)29/h1-5H,(H2,25,28,29). The average Bonchev–Trinajstić information content (AvgIpc) is 3.09. The van der Waals surface area contributed by atoms with Gasteiger partial charge in [0.25, 0.3) is 0 Å². The summed E-state index contributed by atoms with van der Waals surface area (Å²) in [5.41, 5.74) is -2.20.